The van der Waals surface area contributed by atoms with Crippen molar-refractivity contribution in [2.75, 3.05) is 0 Å². The van der Waals surface area contributed by atoms with Crippen molar-refractivity contribution in [1.82, 2.24) is 0 Å². The van der Waals surface area contributed by atoms with Gasteiger partial charge in [0, 0.05) is 23.9 Å². The second-order valence-corrected chi connectivity index (χ2v) is 16.8. The lowest BCUT2D eigenvalue weighted by molar-refractivity contribution is -0.147. The van der Waals surface area contributed by atoms with Crippen molar-refractivity contribution in [1.29, 1.82) is 0 Å². The average molecular weight is 415 g/mol. The average Bonchev–Trinajstić information content (AvgIpc) is 2.88. The van der Waals surface area contributed by atoms with Crippen LogP contribution in [0.5, 0.6) is 0 Å². The van der Waals surface area contributed by atoms with Crippen LogP contribution in [-0.2, 0) is 14.0 Å². The Balaban J connectivity index is 1.59. The van der Waals surface area contributed by atoms with E-state index in [2.05, 4.69) is 52.9 Å². The number of Topliss-reactive ketones (excluding diaryl/α,β-unsaturated/α-hetero) is 1. The number of carbonyl (C=O) groups excluding carboxylic acids is 2. The van der Waals surface area contributed by atoms with E-state index >= 15 is 0 Å². The molecule has 0 spiro atoms. The Morgan fingerprint density at radius 1 is 1.14 bits per heavy atom. The molecule has 2 fully saturated rings. The molecule has 0 aromatic rings. The quantitative estimate of drug-likeness (QED) is 0.419. The van der Waals surface area contributed by atoms with Crippen molar-refractivity contribution in [2.45, 2.75) is 91.0 Å². The number of hydrogen-bond donors (Lipinski definition) is 0. The molecule has 160 valence electrons. The van der Waals surface area contributed by atoms with Gasteiger partial charge in [0.1, 0.15) is 5.78 Å². The predicted octanol–water partition coefficient (Wildman–Crippen LogP) is 5.86. The van der Waals surface area contributed by atoms with E-state index in [9.17, 15) is 9.59 Å². The summed E-state index contributed by atoms with van der Waals surface area (Å²) in [5.74, 6) is 1.03. The van der Waals surface area contributed by atoms with Gasteiger partial charge < -0.3 is 4.43 Å². The minimum atomic E-state index is -1.80. The van der Waals surface area contributed by atoms with Gasteiger partial charge in [-0.05, 0) is 67.1 Å². The van der Waals surface area contributed by atoms with Crippen LogP contribution in [0.4, 0.5) is 0 Å². The van der Waals surface area contributed by atoms with E-state index < -0.39 is 13.7 Å². The maximum Gasteiger partial charge on any atom is 0.192 e. The molecule has 0 heterocycles. The van der Waals surface area contributed by atoms with Crippen LogP contribution in [-0.4, -0.2) is 26.0 Å². The number of carbonyl (C=O) groups is 2. The smallest absolute Gasteiger partial charge is 0.192 e. The van der Waals surface area contributed by atoms with E-state index in [1.165, 1.54) is 5.57 Å². The van der Waals surface area contributed by atoms with E-state index in [1.54, 1.807) is 6.08 Å². The SMILES string of the molecule is CC(C)(C)[Si](C)(C)O[C@H]1CC[C@@]2(C)C(=CC[C@@H]3[C@@H]2C(=O)C[C@]2(C)C(=O)C=C[C@@H]32)C1. The molecule has 0 aliphatic heterocycles. The lowest BCUT2D eigenvalue weighted by Gasteiger charge is -2.56. The van der Waals surface area contributed by atoms with Crippen LogP contribution >= 0.6 is 0 Å². The van der Waals surface area contributed by atoms with Crippen molar-refractivity contribution in [3.63, 3.8) is 0 Å². The van der Waals surface area contributed by atoms with Gasteiger partial charge in [0.05, 0.1) is 0 Å². The largest absolute Gasteiger partial charge is 0.414 e. The van der Waals surface area contributed by atoms with Gasteiger partial charge in [0.2, 0.25) is 0 Å². The summed E-state index contributed by atoms with van der Waals surface area (Å²) in [5, 5.41) is 0.213. The highest BCUT2D eigenvalue weighted by atomic mass is 28.4. The van der Waals surface area contributed by atoms with E-state index in [0.717, 1.165) is 25.7 Å². The van der Waals surface area contributed by atoms with Crippen LogP contribution < -0.4 is 0 Å². The van der Waals surface area contributed by atoms with Crippen LogP contribution in [0.1, 0.15) is 66.7 Å². The highest BCUT2D eigenvalue weighted by Gasteiger charge is 2.60. The molecule has 0 unspecified atom stereocenters. The molecule has 6 atom stereocenters. The fourth-order valence-corrected chi connectivity index (χ4v) is 7.84. The molecule has 4 aliphatic rings. The summed E-state index contributed by atoms with van der Waals surface area (Å²) in [5.41, 5.74) is 0.885. The van der Waals surface area contributed by atoms with E-state index in [1.807, 2.05) is 6.92 Å². The summed E-state index contributed by atoms with van der Waals surface area (Å²) in [7, 11) is -1.80. The van der Waals surface area contributed by atoms with Crippen molar-refractivity contribution in [3.8, 4) is 0 Å². The van der Waals surface area contributed by atoms with Gasteiger partial charge in [0.15, 0.2) is 14.1 Å². The van der Waals surface area contributed by atoms with Crippen LogP contribution in [0.15, 0.2) is 23.8 Å². The highest BCUT2D eigenvalue weighted by Crippen LogP contribution is 2.62. The molecule has 3 nitrogen and oxygen atoms in total. The Bertz CT molecular complexity index is 801. The third-order valence-electron chi connectivity index (χ3n) is 9.29. The van der Waals surface area contributed by atoms with Crippen molar-refractivity contribution in [2.24, 2.45) is 28.6 Å². The molecular weight excluding hydrogens is 376 g/mol. The minimum absolute atomic E-state index is 0.0601. The van der Waals surface area contributed by atoms with E-state index in [0.29, 0.717) is 12.2 Å². The molecule has 2 saturated carbocycles. The Labute approximate surface area is 177 Å². The fraction of sp³-hybridized carbons (Fsp3) is 0.760. The standard InChI is InChI=1S/C25H38O3Si/c1-23(2,3)29(6,7)28-17-12-13-24(4)16(14-17)8-9-18-19-10-11-21(27)25(19,5)15-20(26)22(18)24/h8,10-11,17-19,22H,9,12-15H2,1-7H3/t17-,18-,19-,22+,24-,25-/m0/s1. The topological polar surface area (TPSA) is 43.4 Å². The number of hydrogen-bond acceptors (Lipinski definition) is 3. The molecule has 4 heteroatoms. The molecule has 4 rings (SSSR count). The van der Waals surface area contributed by atoms with Crippen LogP contribution in [0.2, 0.25) is 18.1 Å². The normalized spacial score (nSPS) is 42.2. The fourth-order valence-electron chi connectivity index (χ4n) is 6.45. The number of rotatable bonds is 2. The van der Waals surface area contributed by atoms with Crippen molar-refractivity contribution in [3.05, 3.63) is 23.8 Å². The minimum Gasteiger partial charge on any atom is -0.414 e. The lowest BCUT2D eigenvalue weighted by Crippen LogP contribution is -2.55. The molecule has 0 N–H and O–H groups in total. The van der Waals surface area contributed by atoms with E-state index in [4.69, 9.17) is 4.43 Å². The van der Waals surface area contributed by atoms with Gasteiger partial charge in [0.25, 0.3) is 0 Å². The number of ketones is 2. The molecule has 29 heavy (non-hydrogen) atoms. The summed E-state index contributed by atoms with van der Waals surface area (Å²) in [6.45, 7) is 15.9. The Morgan fingerprint density at radius 2 is 1.83 bits per heavy atom. The first-order chi connectivity index (χ1) is 13.3. The second kappa shape index (κ2) is 6.50. The first-order valence-electron chi connectivity index (χ1n) is 11.4. The summed E-state index contributed by atoms with van der Waals surface area (Å²) >= 11 is 0. The summed E-state index contributed by atoms with van der Waals surface area (Å²) < 4.78 is 6.76. The molecule has 0 bridgehead atoms. The molecule has 0 aromatic heterocycles. The van der Waals surface area contributed by atoms with Crippen LogP contribution in [0.25, 0.3) is 0 Å². The second-order valence-electron chi connectivity index (χ2n) is 12.1. The Kier molecular flexibility index (Phi) is 4.76. The lowest BCUT2D eigenvalue weighted by atomic mass is 9.47. The first-order valence-corrected chi connectivity index (χ1v) is 14.3. The Morgan fingerprint density at radius 3 is 2.48 bits per heavy atom. The zero-order valence-electron chi connectivity index (χ0n) is 19.3. The summed E-state index contributed by atoms with van der Waals surface area (Å²) in [6, 6.07) is 0. The third-order valence-corrected chi connectivity index (χ3v) is 13.8. The van der Waals surface area contributed by atoms with Gasteiger partial charge in [-0.3, -0.25) is 9.59 Å². The zero-order chi connectivity index (χ0) is 21.4. The molecule has 0 saturated heterocycles. The molecule has 0 radical (unpaired) electrons. The van der Waals surface area contributed by atoms with Gasteiger partial charge in [-0.25, -0.2) is 0 Å². The van der Waals surface area contributed by atoms with Crippen LogP contribution in [0, 0.1) is 28.6 Å². The summed E-state index contributed by atoms with van der Waals surface area (Å²) in [4.78, 5) is 25.9. The van der Waals surface area contributed by atoms with Gasteiger partial charge in [-0.1, -0.05) is 52.3 Å². The van der Waals surface area contributed by atoms with Crippen LogP contribution in [0.3, 0.4) is 0 Å². The zero-order valence-corrected chi connectivity index (χ0v) is 20.3. The van der Waals surface area contributed by atoms with E-state index in [-0.39, 0.29) is 40.1 Å². The monoisotopic (exact) mass is 414 g/mol. The van der Waals surface area contributed by atoms with Gasteiger partial charge in [-0.15, -0.1) is 0 Å². The maximum absolute atomic E-state index is 13.4. The van der Waals surface area contributed by atoms with Gasteiger partial charge >= 0.3 is 0 Å². The third kappa shape index (κ3) is 3.08. The molecular formula is C25H38O3Si. The highest BCUT2D eigenvalue weighted by molar-refractivity contribution is 6.74. The number of allylic oxidation sites excluding steroid dienone is 3. The van der Waals surface area contributed by atoms with Gasteiger partial charge in [-0.2, -0.15) is 0 Å². The summed E-state index contributed by atoms with van der Waals surface area (Å²) in [6.07, 6.45) is 10.9. The van der Waals surface area contributed by atoms with Crippen molar-refractivity contribution < 1.29 is 14.0 Å². The molecule has 4 aliphatic carbocycles. The molecule has 0 amide bonds. The first kappa shape index (κ1) is 21.2. The number of fused-ring (bicyclic) bond motifs is 5. The maximum atomic E-state index is 13.4. The van der Waals surface area contributed by atoms with Crippen molar-refractivity contribution >= 4 is 19.9 Å². The predicted molar refractivity (Wildman–Crippen MR) is 119 cm³/mol. The molecule has 0 aromatic carbocycles. The Hall–Kier alpha value is -1.00.